The van der Waals surface area contributed by atoms with E-state index in [1.54, 1.807) is 18.2 Å². The normalized spacial score (nSPS) is 15.8. The third kappa shape index (κ3) is 3.18. The Kier molecular flexibility index (Phi) is 3.45. The molecule has 0 unspecified atom stereocenters. The van der Waals surface area contributed by atoms with Crippen LogP contribution in [0.15, 0.2) is 30.6 Å². The van der Waals surface area contributed by atoms with Crippen LogP contribution in [-0.4, -0.2) is 35.1 Å². The molecule has 0 atom stereocenters. The summed E-state index contributed by atoms with van der Waals surface area (Å²) in [6, 6.07) is 5.78. The molecule has 118 valence electrons. The number of anilines is 2. The second-order valence-electron chi connectivity index (χ2n) is 5.53. The Hall–Kier alpha value is -2.83. The smallest absolute Gasteiger partial charge is 0.258 e. The Balaban J connectivity index is 1.44. The predicted octanol–water partition coefficient (Wildman–Crippen LogP) is 2.07. The van der Waals surface area contributed by atoms with Crippen LogP contribution in [0, 0.1) is 0 Å². The monoisotopic (exact) mass is 312 g/mol. The number of fused-ring (bicyclic) bond motifs is 1. The van der Waals surface area contributed by atoms with Gasteiger partial charge in [0.15, 0.2) is 11.5 Å². The second-order valence-corrected chi connectivity index (χ2v) is 5.53. The van der Waals surface area contributed by atoms with Gasteiger partial charge < -0.3 is 20.1 Å². The van der Waals surface area contributed by atoms with Crippen LogP contribution in [0.4, 0.5) is 11.6 Å². The fraction of sp³-hybridized carbons (Fsp3) is 0.312. The van der Waals surface area contributed by atoms with E-state index in [-0.39, 0.29) is 5.91 Å². The van der Waals surface area contributed by atoms with Crippen LogP contribution in [0.25, 0.3) is 0 Å². The van der Waals surface area contributed by atoms with Crippen molar-refractivity contribution in [2.75, 3.05) is 23.8 Å². The van der Waals surface area contributed by atoms with Crippen molar-refractivity contribution in [2.24, 2.45) is 0 Å². The highest BCUT2D eigenvalue weighted by Gasteiger charge is 2.22. The number of benzene rings is 1. The number of aromatic nitrogens is 2. The number of amides is 1. The molecule has 2 heterocycles. The lowest BCUT2D eigenvalue weighted by Crippen LogP contribution is -2.17. The van der Waals surface area contributed by atoms with Crippen LogP contribution in [0.2, 0.25) is 0 Å². The first kappa shape index (κ1) is 13.8. The molecule has 2 aliphatic rings. The van der Waals surface area contributed by atoms with Crippen LogP contribution >= 0.6 is 0 Å². The van der Waals surface area contributed by atoms with Gasteiger partial charge in [-0.15, -0.1) is 0 Å². The van der Waals surface area contributed by atoms with Crippen molar-refractivity contribution in [2.45, 2.75) is 18.9 Å². The zero-order valence-corrected chi connectivity index (χ0v) is 12.4. The van der Waals surface area contributed by atoms with Gasteiger partial charge in [-0.25, -0.2) is 9.97 Å². The van der Waals surface area contributed by atoms with Crippen LogP contribution in [-0.2, 0) is 0 Å². The highest BCUT2D eigenvalue weighted by atomic mass is 16.6. The van der Waals surface area contributed by atoms with Gasteiger partial charge in [-0.05, 0) is 25.0 Å². The Bertz CT molecular complexity index is 729. The molecule has 4 rings (SSSR count). The zero-order valence-electron chi connectivity index (χ0n) is 12.4. The molecule has 1 aromatic carbocycles. The lowest BCUT2D eigenvalue weighted by Gasteiger charge is -2.19. The molecule has 1 saturated carbocycles. The van der Waals surface area contributed by atoms with Gasteiger partial charge in [0, 0.05) is 30.2 Å². The molecule has 0 radical (unpaired) electrons. The molecule has 1 aliphatic carbocycles. The molecule has 2 aromatic rings. The van der Waals surface area contributed by atoms with E-state index < -0.39 is 0 Å². The highest BCUT2D eigenvalue weighted by molar-refractivity contribution is 6.04. The zero-order chi connectivity index (χ0) is 15.6. The maximum Gasteiger partial charge on any atom is 0.258 e. The summed E-state index contributed by atoms with van der Waals surface area (Å²) in [7, 11) is 0. The Labute approximate surface area is 133 Å². The molecule has 2 N–H and O–H groups in total. The average Bonchev–Trinajstić information content (AvgIpc) is 3.39. The third-order valence-electron chi connectivity index (χ3n) is 3.62. The molecule has 7 heteroatoms. The molecule has 23 heavy (non-hydrogen) atoms. The summed E-state index contributed by atoms with van der Waals surface area (Å²) in [6.07, 6.45) is 5.33. The largest absolute Gasteiger partial charge is 0.486 e. The average molecular weight is 312 g/mol. The van der Waals surface area contributed by atoms with Gasteiger partial charge in [-0.2, -0.15) is 0 Å². The van der Waals surface area contributed by atoms with Gasteiger partial charge in [0.25, 0.3) is 5.91 Å². The molecule has 0 saturated heterocycles. The van der Waals surface area contributed by atoms with Gasteiger partial charge in [0.2, 0.25) is 5.95 Å². The molecule has 1 amide bonds. The standard InChI is InChI=1S/C16H16N4O3/c21-15(10-8-17-16(18-9-10)20-11-1-2-11)19-12-3-4-13-14(7-12)23-6-5-22-13/h3-4,7-9,11H,1-2,5-6H2,(H,19,21)(H,17,18,20). The summed E-state index contributed by atoms with van der Waals surface area (Å²) >= 11 is 0. The second kappa shape index (κ2) is 5.75. The van der Waals surface area contributed by atoms with Crippen molar-refractivity contribution in [1.82, 2.24) is 9.97 Å². The number of carbonyl (C=O) groups excluding carboxylic acids is 1. The SMILES string of the molecule is O=C(Nc1ccc2c(c1)OCCO2)c1cnc(NC2CC2)nc1. The summed E-state index contributed by atoms with van der Waals surface area (Å²) in [5.74, 6) is 1.62. The minimum absolute atomic E-state index is 0.264. The summed E-state index contributed by atoms with van der Waals surface area (Å²) < 4.78 is 11.0. The van der Waals surface area contributed by atoms with E-state index in [0.717, 1.165) is 12.8 Å². The minimum atomic E-state index is -0.264. The highest BCUT2D eigenvalue weighted by Crippen LogP contribution is 2.32. The number of hydrogen-bond donors (Lipinski definition) is 2. The number of carbonyl (C=O) groups is 1. The Morgan fingerprint density at radius 2 is 1.83 bits per heavy atom. The van der Waals surface area contributed by atoms with E-state index in [0.29, 0.717) is 48.0 Å². The number of rotatable bonds is 4. The van der Waals surface area contributed by atoms with Crippen molar-refractivity contribution in [3.8, 4) is 11.5 Å². The van der Waals surface area contributed by atoms with Crippen LogP contribution in [0.3, 0.4) is 0 Å². The number of ether oxygens (including phenoxy) is 2. The molecular weight excluding hydrogens is 296 g/mol. The van der Waals surface area contributed by atoms with E-state index in [2.05, 4.69) is 20.6 Å². The molecule has 1 aromatic heterocycles. The van der Waals surface area contributed by atoms with E-state index in [1.165, 1.54) is 12.4 Å². The maximum atomic E-state index is 12.2. The summed E-state index contributed by atoms with van der Waals surface area (Å²) in [6.45, 7) is 1.05. The van der Waals surface area contributed by atoms with E-state index >= 15 is 0 Å². The number of nitrogens with one attached hydrogen (secondary N) is 2. The number of hydrogen-bond acceptors (Lipinski definition) is 6. The predicted molar refractivity (Wildman–Crippen MR) is 84.1 cm³/mol. The van der Waals surface area contributed by atoms with Crippen LogP contribution in [0.5, 0.6) is 11.5 Å². The van der Waals surface area contributed by atoms with E-state index in [1.807, 2.05) is 0 Å². The van der Waals surface area contributed by atoms with Gasteiger partial charge in [-0.1, -0.05) is 0 Å². The number of nitrogens with zero attached hydrogens (tertiary/aromatic N) is 2. The molecule has 7 nitrogen and oxygen atoms in total. The quantitative estimate of drug-likeness (QED) is 0.899. The van der Waals surface area contributed by atoms with Gasteiger partial charge >= 0.3 is 0 Å². The molecule has 1 aliphatic heterocycles. The first-order valence-electron chi connectivity index (χ1n) is 7.57. The van der Waals surface area contributed by atoms with Gasteiger partial charge in [0.1, 0.15) is 13.2 Å². The summed E-state index contributed by atoms with van der Waals surface area (Å²) in [4.78, 5) is 20.6. The van der Waals surface area contributed by atoms with Crippen molar-refractivity contribution in [3.63, 3.8) is 0 Å². The van der Waals surface area contributed by atoms with Crippen molar-refractivity contribution < 1.29 is 14.3 Å². The fourth-order valence-electron chi connectivity index (χ4n) is 2.25. The first-order valence-corrected chi connectivity index (χ1v) is 7.57. The van der Waals surface area contributed by atoms with Gasteiger partial charge in [-0.3, -0.25) is 4.79 Å². The topological polar surface area (TPSA) is 85.4 Å². The Morgan fingerprint density at radius 1 is 1.09 bits per heavy atom. The molecule has 1 fully saturated rings. The lowest BCUT2D eigenvalue weighted by atomic mass is 10.2. The Morgan fingerprint density at radius 3 is 2.57 bits per heavy atom. The molecular formula is C16H16N4O3. The van der Waals surface area contributed by atoms with Gasteiger partial charge in [0.05, 0.1) is 5.56 Å². The van der Waals surface area contributed by atoms with Crippen molar-refractivity contribution in [3.05, 3.63) is 36.2 Å². The van der Waals surface area contributed by atoms with Crippen LogP contribution < -0.4 is 20.1 Å². The fourth-order valence-corrected chi connectivity index (χ4v) is 2.25. The minimum Gasteiger partial charge on any atom is -0.486 e. The van der Waals surface area contributed by atoms with E-state index in [4.69, 9.17) is 9.47 Å². The summed E-state index contributed by atoms with van der Waals surface area (Å²) in [5.41, 5.74) is 1.04. The maximum absolute atomic E-state index is 12.2. The lowest BCUT2D eigenvalue weighted by molar-refractivity contribution is 0.102. The molecule has 0 spiro atoms. The van der Waals surface area contributed by atoms with E-state index in [9.17, 15) is 4.79 Å². The third-order valence-corrected chi connectivity index (χ3v) is 3.62. The summed E-state index contributed by atoms with van der Waals surface area (Å²) in [5, 5.41) is 5.99. The van der Waals surface area contributed by atoms with Crippen molar-refractivity contribution >= 4 is 17.5 Å². The van der Waals surface area contributed by atoms with Crippen molar-refractivity contribution in [1.29, 1.82) is 0 Å². The first-order chi connectivity index (χ1) is 11.3. The molecule has 0 bridgehead atoms. The van der Waals surface area contributed by atoms with Crippen LogP contribution in [0.1, 0.15) is 23.2 Å².